The van der Waals surface area contributed by atoms with Crippen molar-refractivity contribution in [3.8, 4) is 5.75 Å². The van der Waals surface area contributed by atoms with Crippen molar-refractivity contribution in [1.82, 2.24) is 0 Å². The molecule has 0 bridgehead atoms. The van der Waals surface area contributed by atoms with Crippen LogP contribution in [0.2, 0.25) is 0 Å². The highest BCUT2D eigenvalue weighted by molar-refractivity contribution is 5.64. The second kappa shape index (κ2) is 13.9. The maximum absolute atomic E-state index is 11.8. The van der Waals surface area contributed by atoms with Crippen LogP contribution in [0.4, 0.5) is 10.5 Å². The van der Waals surface area contributed by atoms with Gasteiger partial charge in [0.25, 0.3) is 5.69 Å². The first kappa shape index (κ1) is 24.1. The number of benzene rings is 1. The zero-order valence-electron chi connectivity index (χ0n) is 17.8. The van der Waals surface area contributed by atoms with Gasteiger partial charge in [0.2, 0.25) is 0 Å². The van der Waals surface area contributed by atoms with E-state index in [9.17, 15) is 14.9 Å². The SMILES string of the molecule is CCCCCCCCCCCC1OCC(COC(=O)Oc2ccc([N+](=O)[O-])cc2)O1. The van der Waals surface area contributed by atoms with Crippen LogP contribution in [0.25, 0.3) is 0 Å². The van der Waals surface area contributed by atoms with E-state index in [0.29, 0.717) is 6.61 Å². The van der Waals surface area contributed by atoms with E-state index in [4.69, 9.17) is 18.9 Å². The van der Waals surface area contributed by atoms with Crippen molar-refractivity contribution in [3.63, 3.8) is 0 Å². The van der Waals surface area contributed by atoms with Gasteiger partial charge < -0.3 is 18.9 Å². The smallest absolute Gasteiger partial charge is 0.431 e. The number of hydrogen-bond donors (Lipinski definition) is 0. The number of nitro benzene ring substituents is 1. The highest BCUT2D eigenvalue weighted by Crippen LogP contribution is 2.20. The van der Waals surface area contributed by atoms with E-state index in [2.05, 4.69) is 6.92 Å². The normalized spacial score (nSPS) is 18.3. The number of carbonyl (C=O) groups is 1. The van der Waals surface area contributed by atoms with Gasteiger partial charge in [0.1, 0.15) is 18.5 Å². The Hall–Kier alpha value is -2.19. The molecule has 30 heavy (non-hydrogen) atoms. The molecule has 0 saturated carbocycles. The first-order valence-electron chi connectivity index (χ1n) is 10.9. The molecule has 1 aliphatic heterocycles. The van der Waals surface area contributed by atoms with Gasteiger partial charge in [-0.2, -0.15) is 0 Å². The minimum absolute atomic E-state index is 0.0417. The van der Waals surface area contributed by atoms with E-state index in [0.717, 1.165) is 12.8 Å². The van der Waals surface area contributed by atoms with Gasteiger partial charge in [-0.15, -0.1) is 0 Å². The summed E-state index contributed by atoms with van der Waals surface area (Å²) >= 11 is 0. The van der Waals surface area contributed by atoms with Gasteiger partial charge in [-0.25, -0.2) is 4.79 Å². The summed E-state index contributed by atoms with van der Waals surface area (Å²) < 4.78 is 21.4. The Bertz CT molecular complexity index is 635. The zero-order chi connectivity index (χ0) is 21.6. The summed E-state index contributed by atoms with van der Waals surface area (Å²) in [6, 6.07) is 5.20. The molecule has 1 heterocycles. The van der Waals surface area contributed by atoms with Crippen molar-refractivity contribution in [1.29, 1.82) is 0 Å². The van der Waals surface area contributed by atoms with Gasteiger partial charge in [0.05, 0.1) is 11.5 Å². The number of nitro groups is 1. The summed E-state index contributed by atoms with van der Waals surface area (Å²) in [5.74, 6) is 0.178. The predicted octanol–water partition coefficient (Wildman–Crippen LogP) is 5.77. The molecule has 0 aromatic heterocycles. The summed E-state index contributed by atoms with van der Waals surface area (Å²) in [5, 5.41) is 10.6. The van der Waals surface area contributed by atoms with Crippen LogP contribution in [-0.4, -0.2) is 36.7 Å². The lowest BCUT2D eigenvalue weighted by molar-refractivity contribution is -0.384. The largest absolute Gasteiger partial charge is 0.513 e. The van der Waals surface area contributed by atoms with E-state index < -0.39 is 11.1 Å². The van der Waals surface area contributed by atoms with Crippen molar-refractivity contribution < 1.29 is 28.7 Å². The Morgan fingerprint density at radius 2 is 1.70 bits per heavy atom. The number of nitrogens with zero attached hydrogens (tertiary/aromatic N) is 1. The fourth-order valence-corrected chi connectivity index (χ4v) is 3.29. The summed E-state index contributed by atoms with van der Waals surface area (Å²) in [6.07, 6.45) is 10.9. The molecule has 0 N–H and O–H groups in total. The Labute approximate surface area is 178 Å². The third kappa shape index (κ3) is 9.54. The molecule has 1 aliphatic rings. The fourth-order valence-electron chi connectivity index (χ4n) is 3.29. The molecule has 0 amide bonds. The molecule has 2 atom stereocenters. The van der Waals surface area contributed by atoms with Gasteiger partial charge in [-0.3, -0.25) is 10.1 Å². The van der Waals surface area contributed by atoms with E-state index in [1.165, 1.54) is 75.6 Å². The van der Waals surface area contributed by atoms with Crippen molar-refractivity contribution in [2.75, 3.05) is 13.2 Å². The molecule has 0 spiro atoms. The summed E-state index contributed by atoms with van der Waals surface area (Å²) in [4.78, 5) is 21.8. The first-order valence-corrected chi connectivity index (χ1v) is 10.9. The maximum Gasteiger partial charge on any atom is 0.513 e. The minimum Gasteiger partial charge on any atom is -0.431 e. The average Bonchev–Trinajstić information content (AvgIpc) is 3.19. The van der Waals surface area contributed by atoms with Gasteiger partial charge >= 0.3 is 6.16 Å². The third-order valence-electron chi connectivity index (χ3n) is 4.99. The number of hydrogen-bond acceptors (Lipinski definition) is 7. The number of rotatable bonds is 14. The molecule has 0 aliphatic carbocycles. The quantitative estimate of drug-likeness (QED) is 0.123. The van der Waals surface area contributed by atoms with Crippen molar-refractivity contribution in [3.05, 3.63) is 34.4 Å². The number of ether oxygens (including phenoxy) is 4. The first-order chi connectivity index (χ1) is 14.6. The Kier molecular flexibility index (Phi) is 11.2. The average molecular weight is 424 g/mol. The lowest BCUT2D eigenvalue weighted by Gasteiger charge is -2.12. The van der Waals surface area contributed by atoms with Crippen molar-refractivity contribution >= 4 is 11.8 Å². The molecule has 1 saturated heterocycles. The topological polar surface area (TPSA) is 97.1 Å². The Morgan fingerprint density at radius 3 is 2.33 bits per heavy atom. The molecule has 8 heteroatoms. The van der Waals surface area contributed by atoms with Crippen LogP contribution in [0.1, 0.15) is 71.1 Å². The second-order valence-electron chi connectivity index (χ2n) is 7.55. The summed E-state index contributed by atoms with van der Waals surface area (Å²) in [5.41, 5.74) is -0.0785. The number of carbonyl (C=O) groups excluding carboxylic acids is 1. The minimum atomic E-state index is -0.880. The molecule has 1 aromatic carbocycles. The Balaban J connectivity index is 1.50. The van der Waals surface area contributed by atoms with Crippen molar-refractivity contribution in [2.45, 2.75) is 83.5 Å². The molecule has 168 valence electrons. The molecule has 2 unspecified atom stereocenters. The van der Waals surface area contributed by atoms with Crippen molar-refractivity contribution in [2.24, 2.45) is 0 Å². The third-order valence-corrected chi connectivity index (χ3v) is 4.99. The van der Waals surface area contributed by atoms with Gasteiger partial charge in [-0.05, 0) is 25.0 Å². The van der Waals surface area contributed by atoms with E-state index >= 15 is 0 Å². The van der Waals surface area contributed by atoms with E-state index in [1.54, 1.807) is 0 Å². The van der Waals surface area contributed by atoms with Crippen LogP contribution in [0.15, 0.2) is 24.3 Å². The van der Waals surface area contributed by atoms with Crippen LogP contribution in [0.3, 0.4) is 0 Å². The molecule has 2 rings (SSSR count). The summed E-state index contributed by atoms with van der Waals surface area (Å²) in [6.45, 7) is 2.66. The van der Waals surface area contributed by atoms with Crippen LogP contribution in [0, 0.1) is 10.1 Å². The van der Waals surface area contributed by atoms with E-state index in [1.807, 2.05) is 0 Å². The van der Waals surface area contributed by atoms with Gasteiger partial charge in [-0.1, -0.05) is 58.3 Å². The number of non-ortho nitro benzene ring substituents is 1. The van der Waals surface area contributed by atoms with Crippen LogP contribution >= 0.6 is 0 Å². The molecule has 1 fully saturated rings. The van der Waals surface area contributed by atoms with Crippen LogP contribution in [0.5, 0.6) is 5.75 Å². The molecule has 1 aromatic rings. The van der Waals surface area contributed by atoms with Gasteiger partial charge in [0, 0.05) is 12.1 Å². The zero-order valence-corrected chi connectivity index (χ0v) is 17.8. The second-order valence-corrected chi connectivity index (χ2v) is 7.55. The maximum atomic E-state index is 11.8. The van der Waals surface area contributed by atoms with Crippen LogP contribution in [-0.2, 0) is 14.2 Å². The van der Waals surface area contributed by atoms with E-state index in [-0.39, 0.29) is 30.4 Å². The highest BCUT2D eigenvalue weighted by Gasteiger charge is 2.27. The summed E-state index contributed by atoms with van der Waals surface area (Å²) in [7, 11) is 0. The fraction of sp³-hybridized carbons (Fsp3) is 0.682. The number of unbranched alkanes of at least 4 members (excludes halogenated alkanes) is 8. The highest BCUT2D eigenvalue weighted by atomic mass is 16.8. The molecular formula is C22H33NO7. The van der Waals surface area contributed by atoms with Crippen LogP contribution < -0.4 is 4.74 Å². The van der Waals surface area contributed by atoms with Gasteiger partial charge in [0.15, 0.2) is 6.29 Å². The predicted molar refractivity (Wildman–Crippen MR) is 112 cm³/mol. The lowest BCUT2D eigenvalue weighted by Crippen LogP contribution is -2.23. The lowest BCUT2D eigenvalue weighted by atomic mass is 10.1. The monoisotopic (exact) mass is 423 g/mol. The molecule has 0 radical (unpaired) electrons. The molecule has 8 nitrogen and oxygen atoms in total. The molecular weight excluding hydrogens is 390 g/mol. The standard InChI is InChI=1S/C22H33NO7/c1-2-3-4-5-6-7-8-9-10-11-21-27-16-20(29-21)17-28-22(24)30-19-14-12-18(13-15-19)23(25)26/h12-15,20-21H,2-11,16-17H2,1H3. The Morgan fingerprint density at radius 1 is 1.07 bits per heavy atom.